The van der Waals surface area contributed by atoms with Crippen LogP contribution in [0.3, 0.4) is 0 Å². The predicted molar refractivity (Wildman–Crippen MR) is 70.4 cm³/mol. The highest BCUT2D eigenvalue weighted by Gasteiger charge is 2.00. The lowest BCUT2D eigenvalue weighted by Gasteiger charge is -2.04. The van der Waals surface area contributed by atoms with Crippen LogP contribution in [0, 0.1) is 5.92 Å². The van der Waals surface area contributed by atoms with Gasteiger partial charge in [0.05, 0.1) is 0 Å². The molecule has 0 amide bonds. The van der Waals surface area contributed by atoms with E-state index in [0.29, 0.717) is 0 Å². The van der Waals surface area contributed by atoms with Crippen molar-refractivity contribution in [3.8, 4) is 0 Å². The molecule has 0 aromatic heterocycles. The van der Waals surface area contributed by atoms with Crippen molar-refractivity contribution in [1.29, 1.82) is 0 Å². The first kappa shape index (κ1) is 10.3. The highest BCUT2D eigenvalue weighted by atomic mass is 13.9. The molecular weight excluding hydrogens is 179 g/mol. The molecule has 0 radical (unpaired) electrons. The Labute approximate surface area is 92.6 Å². The Balaban J connectivity index is 2.23. The first-order valence-corrected chi connectivity index (χ1v) is 5.73. The standard InChI is InChI=1S/C14H17B/c1-11(2)10-15-14-8-7-12-5-3-4-6-13(12)9-14/h3-9,11,15H,10H2,1-2H3. The fourth-order valence-electron chi connectivity index (χ4n) is 1.85. The van der Waals surface area contributed by atoms with Gasteiger partial charge in [0.2, 0.25) is 0 Å². The van der Waals surface area contributed by atoms with Gasteiger partial charge in [-0.2, -0.15) is 0 Å². The summed E-state index contributed by atoms with van der Waals surface area (Å²) in [5, 5.41) is 2.70. The van der Waals surface area contributed by atoms with Gasteiger partial charge in [0, 0.05) is 0 Å². The van der Waals surface area contributed by atoms with Gasteiger partial charge in [-0.25, -0.2) is 0 Å². The molecule has 2 aromatic carbocycles. The molecule has 0 fully saturated rings. The highest BCUT2D eigenvalue weighted by Crippen LogP contribution is 2.11. The van der Waals surface area contributed by atoms with Crippen LogP contribution in [0.5, 0.6) is 0 Å². The van der Waals surface area contributed by atoms with Gasteiger partial charge < -0.3 is 0 Å². The Bertz CT molecular complexity index is 446. The summed E-state index contributed by atoms with van der Waals surface area (Å²) in [6.45, 7) is 4.56. The van der Waals surface area contributed by atoms with Gasteiger partial charge in [-0.3, -0.25) is 0 Å². The maximum Gasteiger partial charge on any atom is 0.157 e. The van der Waals surface area contributed by atoms with Crippen molar-refractivity contribution in [3.63, 3.8) is 0 Å². The minimum atomic E-state index is 0.788. The Hall–Kier alpha value is -1.24. The fourth-order valence-corrected chi connectivity index (χ4v) is 1.85. The molecule has 2 aromatic rings. The van der Waals surface area contributed by atoms with Gasteiger partial charge in [-0.15, -0.1) is 0 Å². The van der Waals surface area contributed by atoms with Crippen LogP contribution in [0.2, 0.25) is 6.32 Å². The van der Waals surface area contributed by atoms with Crippen LogP contribution in [0.25, 0.3) is 10.8 Å². The lowest BCUT2D eigenvalue weighted by atomic mass is 9.64. The Kier molecular flexibility index (Phi) is 3.10. The van der Waals surface area contributed by atoms with Crippen LogP contribution in [0.15, 0.2) is 42.5 Å². The number of hydrogen-bond acceptors (Lipinski definition) is 0. The molecule has 0 unspecified atom stereocenters. The van der Waals surface area contributed by atoms with E-state index in [9.17, 15) is 0 Å². The maximum atomic E-state index is 2.32. The molecule has 0 heterocycles. The second kappa shape index (κ2) is 4.52. The maximum absolute atomic E-state index is 2.32. The van der Waals surface area contributed by atoms with E-state index in [-0.39, 0.29) is 0 Å². The number of fused-ring (bicyclic) bond motifs is 1. The quantitative estimate of drug-likeness (QED) is 0.662. The van der Waals surface area contributed by atoms with Gasteiger partial charge in [-0.1, -0.05) is 74.0 Å². The van der Waals surface area contributed by atoms with Crippen LogP contribution in [-0.2, 0) is 0 Å². The Morgan fingerprint density at radius 3 is 2.47 bits per heavy atom. The van der Waals surface area contributed by atoms with Gasteiger partial charge in [0.25, 0.3) is 0 Å². The summed E-state index contributed by atoms with van der Waals surface area (Å²) in [6, 6.07) is 15.4. The molecular formula is C14H17B. The van der Waals surface area contributed by atoms with Gasteiger partial charge in [-0.05, 0) is 10.8 Å². The average molecular weight is 196 g/mol. The van der Waals surface area contributed by atoms with E-state index >= 15 is 0 Å². The fraction of sp³-hybridized carbons (Fsp3) is 0.286. The smallest absolute Gasteiger partial charge is 0.0839 e. The van der Waals surface area contributed by atoms with E-state index in [1.165, 1.54) is 29.8 Å². The second-order valence-electron chi connectivity index (χ2n) is 4.61. The number of hydrogen-bond donors (Lipinski definition) is 0. The molecule has 15 heavy (non-hydrogen) atoms. The van der Waals surface area contributed by atoms with E-state index in [4.69, 9.17) is 0 Å². The van der Waals surface area contributed by atoms with Crippen molar-refractivity contribution in [2.75, 3.05) is 0 Å². The molecule has 0 bridgehead atoms. The van der Waals surface area contributed by atoms with Crippen molar-refractivity contribution < 1.29 is 0 Å². The van der Waals surface area contributed by atoms with Crippen LogP contribution in [-0.4, -0.2) is 7.28 Å². The average Bonchev–Trinajstić information content (AvgIpc) is 2.26. The third-order valence-corrected chi connectivity index (χ3v) is 2.82. The zero-order valence-corrected chi connectivity index (χ0v) is 9.53. The normalized spacial score (nSPS) is 10.9. The largest absolute Gasteiger partial charge is 0.157 e. The van der Waals surface area contributed by atoms with Crippen LogP contribution in [0.1, 0.15) is 13.8 Å². The molecule has 76 valence electrons. The van der Waals surface area contributed by atoms with Gasteiger partial charge >= 0.3 is 0 Å². The summed E-state index contributed by atoms with van der Waals surface area (Å²) >= 11 is 0. The van der Waals surface area contributed by atoms with E-state index in [1.54, 1.807) is 0 Å². The zero-order valence-electron chi connectivity index (χ0n) is 9.53. The van der Waals surface area contributed by atoms with Crippen LogP contribution < -0.4 is 5.46 Å². The van der Waals surface area contributed by atoms with Gasteiger partial charge in [0.15, 0.2) is 7.28 Å². The third kappa shape index (κ3) is 2.62. The molecule has 0 saturated heterocycles. The number of rotatable bonds is 3. The second-order valence-corrected chi connectivity index (χ2v) is 4.61. The Morgan fingerprint density at radius 1 is 1.00 bits per heavy atom. The summed E-state index contributed by atoms with van der Waals surface area (Å²) in [7, 11) is 1.20. The molecule has 0 spiro atoms. The first-order chi connectivity index (χ1) is 7.25. The lowest BCUT2D eigenvalue weighted by molar-refractivity contribution is 0.732. The minimum Gasteiger partial charge on any atom is -0.0839 e. The summed E-state index contributed by atoms with van der Waals surface area (Å²) in [4.78, 5) is 0. The molecule has 0 aliphatic heterocycles. The van der Waals surface area contributed by atoms with Crippen molar-refractivity contribution in [2.24, 2.45) is 5.92 Å². The summed E-state index contributed by atoms with van der Waals surface area (Å²) in [5.41, 5.74) is 1.46. The van der Waals surface area contributed by atoms with Crippen molar-refractivity contribution in [1.82, 2.24) is 0 Å². The molecule has 0 N–H and O–H groups in total. The molecule has 0 saturated carbocycles. The van der Waals surface area contributed by atoms with Crippen LogP contribution >= 0.6 is 0 Å². The van der Waals surface area contributed by atoms with Crippen molar-refractivity contribution in [2.45, 2.75) is 20.2 Å². The monoisotopic (exact) mass is 196 g/mol. The first-order valence-electron chi connectivity index (χ1n) is 5.73. The SMILES string of the molecule is CC(C)CBc1ccc2ccccc2c1. The summed E-state index contributed by atoms with van der Waals surface area (Å²) in [5.74, 6) is 0.788. The van der Waals surface area contributed by atoms with E-state index < -0.39 is 0 Å². The summed E-state index contributed by atoms with van der Waals surface area (Å²) < 4.78 is 0. The Morgan fingerprint density at radius 2 is 1.73 bits per heavy atom. The molecule has 2 rings (SSSR count). The lowest BCUT2D eigenvalue weighted by Crippen LogP contribution is -2.14. The molecule has 0 atom stereocenters. The van der Waals surface area contributed by atoms with Gasteiger partial charge in [0.1, 0.15) is 0 Å². The molecule has 0 aliphatic rings. The molecule has 0 aliphatic carbocycles. The predicted octanol–water partition coefficient (Wildman–Crippen LogP) is 2.98. The molecule has 1 heteroatoms. The minimum absolute atomic E-state index is 0.788. The number of benzene rings is 2. The van der Waals surface area contributed by atoms with E-state index in [0.717, 1.165) is 5.92 Å². The molecule has 0 nitrogen and oxygen atoms in total. The van der Waals surface area contributed by atoms with E-state index in [2.05, 4.69) is 56.3 Å². The van der Waals surface area contributed by atoms with Crippen molar-refractivity contribution >= 4 is 23.5 Å². The van der Waals surface area contributed by atoms with E-state index in [1.807, 2.05) is 0 Å². The zero-order chi connectivity index (χ0) is 10.7. The highest BCUT2D eigenvalue weighted by molar-refractivity contribution is 6.53. The van der Waals surface area contributed by atoms with Crippen molar-refractivity contribution in [3.05, 3.63) is 42.5 Å². The third-order valence-electron chi connectivity index (χ3n) is 2.82. The topological polar surface area (TPSA) is 0 Å². The van der Waals surface area contributed by atoms with Crippen LogP contribution in [0.4, 0.5) is 0 Å². The summed E-state index contributed by atoms with van der Waals surface area (Å²) in [6.07, 6.45) is 1.28.